The molecule has 180 valence electrons. The number of alkyl halides is 9. The average molecular weight is 511 g/mol. The molecule has 0 aliphatic carbocycles. The molecule has 1 rings (SSSR count). The minimum absolute atomic E-state index is 1.21. The standard InChI is InChI=1S/C15H27F9O3Si3/c1-10(7-13(16,17)18)28(4)25-29(5,11(2)8-14(19,20)21)27-30(6,26-28)12(3)9-15(22,23)24/h10-12H,7-9H2,1-6H3. The first kappa shape index (κ1) is 27.9. The quantitative estimate of drug-likeness (QED) is 0.277. The third kappa shape index (κ3) is 7.79. The van der Waals surface area contributed by atoms with Crippen molar-refractivity contribution in [1.29, 1.82) is 0 Å². The molecule has 0 aromatic carbocycles. The van der Waals surface area contributed by atoms with E-state index in [2.05, 4.69) is 0 Å². The molecule has 1 heterocycles. The summed E-state index contributed by atoms with van der Waals surface area (Å²) in [5, 5.41) is 0. The van der Waals surface area contributed by atoms with Gasteiger partial charge >= 0.3 is 44.2 Å². The molecule has 0 bridgehead atoms. The van der Waals surface area contributed by atoms with Gasteiger partial charge in [0.05, 0.1) is 0 Å². The van der Waals surface area contributed by atoms with Gasteiger partial charge in [-0.2, -0.15) is 39.5 Å². The van der Waals surface area contributed by atoms with Crippen molar-refractivity contribution in [2.75, 3.05) is 0 Å². The minimum atomic E-state index is -4.59. The Hall–Kier alpha value is -0.0994. The number of hydrogen-bond donors (Lipinski definition) is 0. The molecule has 15 heteroatoms. The van der Waals surface area contributed by atoms with E-state index in [-0.39, 0.29) is 0 Å². The Morgan fingerprint density at radius 2 is 0.667 bits per heavy atom. The fourth-order valence-corrected chi connectivity index (χ4v) is 21.4. The molecular formula is C15H27F9O3Si3. The molecular weight excluding hydrogens is 483 g/mol. The lowest BCUT2D eigenvalue weighted by Gasteiger charge is -2.55. The summed E-state index contributed by atoms with van der Waals surface area (Å²) in [5.41, 5.74) is -3.72. The summed E-state index contributed by atoms with van der Waals surface area (Å²) in [6.07, 6.45) is -17.7. The van der Waals surface area contributed by atoms with Gasteiger partial charge in [-0.15, -0.1) is 0 Å². The van der Waals surface area contributed by atoms with Crippen molar-refractivity contribution < 1.29 is 51.9 Å². The third-order valence-electron chi connectivity index (χ3n) is 5.51. The molecule has 0 radical (unpaired) electrons. The number of rotatable bonds is 6. The maximum atomic E-state index is 13.0. The summed E-state index contributed by atoms with van der Waals surface area (Å²) in [7, 11) is -11.6. The van der Waals surface area contributed by atoms with Gasteiger partial charge in [-0.05, 0) is 19.6 Å². The van der Waals surface area contributed by atoms with Crippen molar-refractivity contribution >= 4 is 25.7 Å². The molecule has 1 aliphatic rings. The molecule has 3 atom stereocenters. The zero-order chi connectivity index (χ0) is 24.0. The maximum Gasteiger partial charge on any atom is 0.389 e. The summed E-state index contributed by atoms with van der Waals surface area (Å²) in [4.78, 5) is 0. The minimum Gasteiger partial charge on any atom is -0.415 e. The van der Waals surface area contributed by atoms with Crippen LogP contribution in [0, 0.1) is 0 Å². The highest BCUT2D eigenvalue weighted by Crippen LogP contribution is 2.50. The van der Waals surface area contributed by atoms with Crippen LogP contribution in [0.4, 0.5) is 39.5 Å². The second-order valence-electron chi connectivity index (χ2n) is 8.52. The van der Waals surface area contributed by atoms with Gasteiger partial charge in [-0.3, -0.25) is 0 Å². The van der Waals surface area contributed by atoms with Crippen LogP contribution in [0.2, 0.25) is 36.3 Å². The fraction of sp³-hybridized carbons (Fsp3) is 1.00. The normalized spacial score (nSPS) is 34.5. The molecule has 0 spiro atoms. The van der Waals surface area contributed by atoms with E-state index >= 15 is 0 Å². The van der Waals surface area contributed by atoms with Crippen molar-refractivity contribution in [2.24, 2.45) is 0 Å². The van der Waals surface area contributed by atoms with Crippen molar-refractivity contribution in [3.05, 3.63) is 0 Å². The van der Waals surface area contributed by atoms with E-state index in [9.17, 15) is 39.5 Å². The predicted molar refractivity (Wildman–Crippen MR) is 98.4 cm³/mol. The zero-order valence-electron chi connectivity index (χ0n) is 17.5. The van der Waals surface area contributed by atoms with Crippen LogP contribution in [0.5, 0.6) is 0 Å². The Bertz CT molecular complexity index is 508. The van der Waals surface area contributed by atoms with Crippen LogP contribution in [0.3, 0.4) is 0 Å². The van der Waals surface area contributed by atoms with E-state index in [1.165, 1.54) is 40.4 Å². The molecule has 1 fully saturated rings. The lowest BCUT2D eigenvalue weighted by molar-refractivity contribution is -0.136. The van der Waals surface area contributed by atoms with Gasteiger partial charge in [-0.25, -0.2) is 0 Å². The van der Waals surface area contributed by atoms with Gasteiger partial charge in [-0.1, -0.05) is 20.8 Å². The summed E-state index contributed by atoms with van der Waals surface area (Å²) >= 11 is 0. The van der Waals surface area contributed by atoms with Gasteiger partial charge < -0.3 is 12.3 Å². The van der Waals surface area contributed by atoms with Crippen molar-refractivity contribution in [3.63, 3.8) is 0 Å². The number of halogens is 9. The first-order chi connectivity index (χ1) is 13.0. The van der Waals surface area contributed by atoms with E-state index in [4.69, 9.17) is 12.3 Å². The lowest BCUT2D eigenvalue weighted by Crippen LogP contribution is -2.71. The zero-order valence-corrected chi connectivity index (χ0v) is 20.5. The van der Waals surface area contributed by atoms with Crippen molar-refractivity contribution in [1.82, 2.24) is 0 Å². The van der Waals surface area contributed by atoms with E-state index in [1.54, 1.807) is 0 Å². The van der Waals surface area contributed by atoms with Gasteiger partial charge in [0.15, 0.2) is 0 Å². The Morgan fingerprint density at radius 1 is 0.500 bits per heavy atom. The molecule has 3 nitrogen and oxygen atoms in total. The van der Waals surface area contributed by atoms with E-state index in [0.717, 1.165) is 0 Å². The summed E-state index contributed by atoms with van der Waals surface area (Å²) in [5.74, 6) is 0. The molecule has 0 N–H and O–H groups in total. The van der Waals surface area contributed by atoms with Crippen LogP contribution in [0.1, 0.15) is 40.0 Å². The van der Waals surface area contributed by atoms with Gasteiger partial charge in [0.25, 0.3) is 0 Å². The van der Waals surface area contributed by atoms with Gasteiger partial charge in [0, 0.05) is 35.9 Å². The Labute approximate surface area is 173 Å². The number of hydrogen-bond acceptors (Lipinski definition) is 3. The Morgan fingerprint density at radius 3 is 0.800 bits per heavy atom. The van der Waals surface area contributed by atoms with Crippen molar-refractivity contribution in [2.45, 2.75) is 94.8 Å². The molecule has 0 saturated carbocycles. The van der Waals surface area contributed by atoms with Crippen LogP contribution < -0.4 is 0 Å². The SMILES string of the molecule is CC(CC(F)(F)F)[Si]1(C)O[Si](C)(C(C)CC(F)(F)F)O[Si](C)(C(C)CC(F)(F)F)O1. The van der Waals surface area contributed by atoms with Crippen LogP contribution in [0.15, 0.2) is 0 Å². The Balaban J connectivity index is 3.37. The summed E-state index contributed by atoms with van der Waals surface area (Å²) in [6, 6.07) is 0. The van der Waals surface area contributed by atoms with Crippen LogP contribution >= 0.6 is 0 Å². The highest BCUT2D eigenvalue weighted by atomic mass is 28.5. The molecule has 0 aromatic heterocycles. The first-order valence-corrected chi connectivity index (χ1v) is 16.5. The first-order valence-electron chi connectivity index (χ1n) is 9.31. The highest BCUT2D eigenvalue weighted by Gasteiger charge is 2.64. The summed E-state index contributed by atoms with van der Waals surface area (Å²) in [6.45, 7) is 7.46. The third-order valence-corrected chi connectivity index (χ3v) is 21.2. The monoisotopic (exact) mass is 510 g/mol. The highest BCUT2D eigenvalue weighted by molar-refractivity contribution is 6.94. The van der Waals surface area contributed by atoms with Crippen LogP contribution in [0.25, 0.3) is 0 Å². The molecule has 0 amide bonds. The van der Waals surface area contributed by atoms with E-state index < -0.39 is 80.1 Å². The molecule has 30 heavy (non-hydrogen) atoms. The van der Waals surface area contributed by atoms with E-state index in [1.807, 2.05) is 0 Å². The smallest absolute Gasteiger partial charge is 0.389 e. The maximum absolute atomic E-state index is 13.0. The van der Waals surface area contributed by atoms with Crippen LogP contribution in [-0.4, -0.2) is 44.2 Å². The van der Waals surface area contributed by atoms with E-state index in [0.29, 0.717) is 0 Å². The Kier molecular flexibility index (Phi) is 8.09. The van der Waals surface area contributed by atoms with Crippen LogP contribution in [-0.2, 0) is 12.3 Å². The molecule has 1 aliphatic heterocycles. The fourth-order valence-electron chi connectivity index (χ4n) is 3.47. The average Bonchev–Trinajstić information content (AvgIpc) is 2.40. The van der Waals surface area contributed by atoms with Crippen molar-refractivity contribution in [3.8, 4) is 0 Å². The second kappa shape index (κ2) is 8.68. The molecule has 1 saturated heterocycles. The predicted octanol–water partition coefficient (Wildman–Crippen LogP) is 7.29. The largest absolute Gasteiger partial charge is 0.415 e. The lowest BCUT2D eigenvalue weighted by atomic mass is 10.3. The van der Waals surface area contributed by atoms with Gasteiger partial charge in [0.2, 0.25) is 0 Å². The second-order valence-corrected chi connectivity index (χ2v) is 20.0. The topological polar surface area (TPSA) is 27.7 Å². The molecule has 0 aromatic rings. The summed E-state index contributed by atoms with van der Waals surface area (Å²) < 4.78 is 134. The van der Waals surface area contributed by atoms with Gasteiger partial charge in [0.1, 0.15) is 0 Å². The molecule has 3 unspecified atom stereocenters.